The molecule has 0 heterocycles. The fourth-order valence-corrected chi connectivity index (χ4v) is 1.01. The van der Waals surface area contributed by atoms with Crippen molar-refractivity contribution in [1.29, 1.82) is 0 Å². The fraction of sp³-hybridized carbons (Fsp3) is 0.615. The van der Waals surface area contributed by atoms with Crippen molar-refractivity contribution in [2.75, 3.05) is 13.2 Å². The van der Waals surface area contributed by atoms with Crippen LogP contribution in [0.2, 0.25) is 0 Å². The molecule has 4 heteroatoms. The molecule has 0 spiro atoms. The van der Waals surface area contributed by atoms with Gasteiger partial charge >= 0.3 is 6.09 Å². The Kier molecular flexibility index (Phi) is 7.30. The zero-order chi connectivity index (χ0) is 13.3. The summed E-state index contributed by atoms with van der Waals surface area (Å²) in [4.78, 5) is 17.1. The minimum absolute atomic E-state index is 0.309. The van der Waals surface area contributed by atoms with E-state index in [1.54, 1.807) is 6.08 Å². The highest BCUT2D eigenvalue weighted by molar-refractivity contribution is 5.67. The van der Waals surface area contributed by atoms with E-state index in [1.165, 1.54) is 5.06 Å². The van der Waals surface area contributed by atoms with Gasteiger partial charge in [0.15, 0.2) is 0 Å². The second-order valence-electron chi connectivity index (χ2n) is 4.59. The molecule has 0 N–H and O–H groups in total. The second-order valence-corrected chi connectivity index (χ2v) is 4.59. The molecule has 0 atom stereocenters. The van der Waals surface area contributed by atoms with Crippen molar-refractivity contribution in [2.24, 2.45) is 0 Å². The quantitative estimate of drug-likeness (QED) is 0.390. The summed E-state index contributed by atoms with van der Waals surface area (Å²) in [6.45, 7) is 13.4. The summed E-state index contributed by atoms with van der Waals surface area (Å²) in [5.74, 6) is 0. The van der Waals surface area contributed by atoms with E-state index >= 15 is 0 Å². The number of hydrogen-bond donors (Lipinski definition) is 0. The van der Waals surface area contributed by atoms with E-state index in [9.17, 15) is 4.79 Å². The van der Waals surface area contributed by atoms with Crippen molar-refractivity contribution in [3.05, 3.63) is 25.3 Å². The van der Waals surface area contributed by atoms with Gasteiger partial charge in [0.05, 0.1) is 13.2 Å². The number of nitrogens with zero attached hydrogens (tertiary/aromatic N) is 1. The molecule has 0 bridgehead atoms. The molecule has 0 saturated carbocycles. The molecule has 0 aliphatic carbocycles. The van der Waals surface area contributed by atoms with Crippen molar-refractivity contribution in [1.82, 2.24) is 5.06 Å². The first-order valence-corrected chi connectivity index (χ1v) is 5.76. The second kappa shape index (κ2) is 7.90. The van der Waals surface area contributed by atoms with Crippen LogP contribution in [0.1, 0.15) is 33.6 Å². The fourth-order valence-electron chi connectivity index (χ4n) is 1.01. The zero-order valence-corrected chi connectivity index (χ0v) is 11.1. The number of unbranched alkanes of at least 4 members (excludes halogenated alkanes) is 1. The van der Waals surface area contributed by atoms with Gasteiger partial charge in [-0.05, 0) is 33.6 Å². The van der Waals surface area contributed by atoms with Crippen LogP contribution in [0.4, 0.5) is 4.79 Å². The molecule has 0 fully saturated rings. The lowest BCUT2D eigenvalue weighted by Gasteiger charge is -2.25. The summed E-state index contributed by atoms with van der Waals surface area (Å²) in [5, 5.41) is 1.18. The van der Waals surface area contributed by atoms with Gasteiger partial charge in [-0.25, -0.2) is 4.79 Å². The van der Waals surface area contributed by atoms with E-state index in [0.717, 1.165) is 12.8 Å². The predicted molar refractivity (Wildman–Crippen MR) is 68.5 cm³/mol. The zero-order valence-electron chi connectivity index (χ0n) is 11.1. The van der Waals surface area contributed by atoms with Gasteiger partial charge in [0.25, 0.3) is 0 Å². The lowest BCUT2D eigenvalue weighted by atomic mass is 10.2. The molecular weight excluding hydrogens is 218 g/mol. The number of carbonyl (C=O) groups is 1. The maximum absolute atomic E-state index is 11.7. The average molecular weight is 241 g/mol. The summed E-state index contributed by atoms with van der Waals surface area (Å²) in [5.41, 5.74) is -0.527. The van der Waals surface area contributed by atoms with Crippen LogP contribution in [0.15, 0.2) is 25.3 Å². The Labute approximate surface area is 104 Å². The highest BCUT2D eigenvalue weighted by Crippen LogP contribution is 2.10. The molecule has 0 aromatic rings. The average Bonchev–Trinajstić information content (AvgIpc) is 2.20. The Hall–Kier alpha value is -1.29. The standard InChI is InChI=1S/C13H23NO3/c1-6-8-9-11-16-14(10-7-2)12(15)17-13(3,4)5/h6-7H,1-2,8-11H2,3-5H3. The first-order valence-electron chi connectivity index (χ1n) is 5.76. The first-order chi connectivity index (χ1) is 7.90. The van der Waals surface area contributed by atoms with Crippen LogP contribution in [0.25, 0.3) is 0 Å². The molecule has 0 rings (SSSR count). The van der Waals surface area contributed by atoms with Gasteiger partial charge in [-0.1, -0.05) is 12.2 Å². The summed E-state index contributed by atoms with van der Waals surface area (Å²) in [6.07, 6.45) is 4.60. The van der Waals surface area contributed by atoms with Crippen LogP contribution in [-0.2, 0) is 9.57 Å². The normalized spacial score (nSPS) is 10.8. The van der Waals surface area contributed by atoms with Crippen LogP contribution < -0.4 is 0 Å². The van der Waals surface area contributed by atoms with Gasteiger partial charge < -0.3 is 4.74 Å². The van der Waals surface area contributed by atoms with Crippen LogP contribution >= 0.6 is 0 Å². The summed E-state index contributed by atoms with van der Waals surface area (Å²) < 4.78 is 5.20. The van der Waals surface area contributed by atoms with E-state index in [0.29, 0.717) is 13.2 Å². The van der Waals surface area contributed by atoms with Crippen molar-refractivity contribution in [3.8, 4) is 0 Å². The molecule has 1 amide bonds. The number of allylic oxidation sites excluding steroid dienone is 1. The third-order valence-corrected chi connectivity index (χ3v) is 1.69. The molecule has 4 nitrogen and oxygen atoms in total. The number of rotatable bonds is 7. The van der Waals surface area contributed by atoms with Gasteiger partial charge in [-0.3, -0.25) is 4.84 Å². The lowest BCUT2D eigenvalue weighted by molar-refractivity contribution is -0.141. The minimum Gasteiger partial charge on any atom is -0.442 e. The van der Waals surface area contributed by atoms with E-state index in [4.69, 9.17) is 9.57 Å². The van der Waals surface area contributed by atoms with Crippen molar-refractivity contribution in [2.45, 2.75) is 39.2 Å². The molecule has 0 unspecified atom stereocenters. The van der Waals surface area contributed by atoms with E-state index in [1.807, 2.05) is 26.8 Å². The van der Waals surface area contributed by atoms with E-state index in [-0.39, 0.29) is 0 Å². The number of hydroxylamine groups is 2. The Morgan fingerprint density at radius 1 is 1.29 bits per heavy atom. The van der Waals surface area contributed by atoms with Crippen molar-refractivity contribution >= 4 is 6.09 Å². The molecule has 0 aromatic carbocycles. The van der Waals surface area contributed by atoms with Crippen molar-refractivity contribution < 1.29 is 14.4 Å². The van der Waals surface area contributed by atoms with Crippen LogP contribution in [0.5, 0.6) is 0 Å². The van der Waals surface area contributed by atoms with Crippen molar-refractivity contribution in [3.63, 3.8) is 0 Å². The van der Waals surface area contributed by atoms with E-state index in [2.05, 4.69) is 13.2 Å². The third kappa shape index (κ3) is 8.51. The summed E-state index contributed by atoms with van der Waals surface area (Å²) in [7, 11) is 0. The SMILES string of the molecule is C=CCCCON(CC=C)C(=O)OC(C)(C)C. The van der Waals surface area contributed by atoms with Gasteiger partial charge in [0.2, 0.25) is 0 Å². The molecule has 98 valence electrons. The number of carbonyl (C=O) groups excluding carboxylic acids is 1. The molecule has 17 heavy (non-hydrogen) atoms. The van der Waals surface area contributed by atoms with Gasteiger partial charge in [0.1, 0.15) is 5.60 Å². The Balaban J connectivity index is 4.16. The Bertz CT molecular complexity index is 256. The van der Waals surface area contributed by atoms with E-state index < -0.39 is 11.7 Å². The molecular formula is C13H23NO3. The largest absolute Gasteiger partial charge is 0.442 e. The number of amides is 1. The van der Waals surface area contributed by atoms with Gasteiger partial charge in [-0.15, -0.1) is 13.2 Å². The summed E-state index contributed by atoms with van der Waals surface area (Å²) >= 11 is 0. The van der Waals surface area contributed by atoms with Crippen LogP contribution in [0, 0.1) is 0 Å². The van der Waals surface area contributed by atoms with Crippen LogP contribution in [-0.4, -0.2) is 29.9 Å². The monoisotopic (exact) mass is 241 g/mol. The summed E-state index contributed by atoms with van der Waals surface area (Å²) in [6, 6.07) is 0. The molecule has 0 aromatic heterocycles. The topological polar surface area (TPSA) is 38.8 Å². The Morgan fingerprint density at radius 2 is 1.94 bits per heavy atom. The van der Waals surface area contributed by atoms with Gasteiger partial charge in [-0.2, -0.15) is 5.06 Å². The predicted octanol–water partition coefficient (Wildman–Crippen LogP) is 3.31. The molecule has 0 saturated heterocycles. The molecule has 0 radical (unpaired) electrons. The molecule has 0 aliphatic heterocycles. The number of hydrogen-bond acceptors (Lipinski definition) is 3. The third-order valence-electron chi connectivity index (χ3n) is 1.69. The highest BCUT2D eigenvalue weighted by Gasteiger charge is 2.21. The molecule has 0 aliphatic rings. The van der Waals surface area contributed by atoms with Gasteiger partial charge in [0, 0.05) is 0 Å². The Morgan fingerprint density at radius 3 is 2.41 bits per heavy atom. The number of ether oxygens (including phenoxy) is 1. The smallest absolute Gasteiger partial charge is 0.434 e. The maximum Gasteiger partial charge on any atom is 0.434 e. The maximum atomic E-state index is 11.7. The highest BCUT2D eigenvalue weighted by atomic mass is 16.7. The van der Waals surface area contributed by atoms with Crippen LogP contribution in [0.3, 0.4) is 0 Å². The first kappa shape index (κ1) is 15.7. The minimum atomic E-state index is -0.527. The lowest BCUT2D eigenvalue weighted by Crippen LogP contribution is -2.37.